The van der Waals surface area contributed by atoms with Crippen molar-refractivity contribution in [1.82, 2.24) is 10.6 Å². The van der Waals surface area contributed by atoms with Gasteiger partial charge in [0.1, 0.15) is 0 Å². The first-order valence-corrected chi connectivity index (χ1v) is 3.84. The Morgan fingerprint density at radius 2 is 2.14 bits per heavy atom. The van der Waals surface area contributed by atoms with Gasteiger partial charge in [0.15, 0.2) is 0 Å². The molecular weight excluding hydrogens is 192 g/mol. The summed E-state index contributed by atoms with van der Waals surface area (Å²) < 4.78 is 9.48. The highest BCUT2D eigenvalue weighted by Gasteiger charge is 2.46. The fourth-order valence-corrected chi connectivity index (χ4v) is 1.04. The molecule has 0 radical (unpaired) electrons. The Labute approximate surface area is 79.7 Å². The van der Waals surface area contributed by atoms with Crippen molar-refractivity contribution < 1.29 is 23.9 Å². The zero-order chi connectivity index (χ0) is 10.8. The standard InChI is InChI=1S/C7H10N2O5/c1-4(10)14-7(13-2)3-8-6(12)9-5(7)11/h3H2,1-2H3,(H2,8,9,11,12). The number of hydrogen-bond acceptors (Lipinski definition) is 5. The van der Waals surface area contributed by atoms with E-state index in [2.05, 4.69) is 5.32 Å². The average molecular weight is 202 g/mol. The van der Waals surface area contributed by atoms with Crippen LogP contribution in [-0.2, 0) is 19.1 Å². The monoisotopic (exact) mass is 202 g/mol. The summed E-state index contributed by atoms with van der Waals surface area (Å²) in [6.07, 6.45) is 0. The summed E-state index contributed by atoms with van der Waals surface area (Å²) in [4.78, 5) is 32.8. The van der Waals surface area contributed by atoms with E-state index >= 15 is 0 Å². The van der Waals surface area contributed by atoms with Gasteiger partial charge in [0.05, 0.1) is 6.54 Å². The molecule has 0 aromatic rings. The number of nitrogens with one attached hydrogen (secondary N) is 2. The molecule has 0 spiro atoms. The van der Waals surface area contributed by atoms with Crippen LogP contribution in [0.25, 0.3) is 0 Å². The van der Waals surface area contributed by atoms with Gasteiger partial charge in [-0.15, -0.1) is 0 Å². The minimum Gasteiger partial charge on any atom is -0.421 e. The normalized spacial score (nSPS) is 26.4. The summed E-state index contributed by atoms with van der Waals surface area (Å²) in [6.45, 7) is 0.943. The van der Waals surface area contributed by atoms with Crippen LogP contribution >= 0.6 is 0 Å². The number of amides is 3. The number of methoxy groups -OCH3 is 1. The Balaban J connectivity index is 2.82. The van der Waals surface area contributed by atoms with Crippen LogP contribution in [-0.4, -0.2) is 37.3 Å². The first kappa shape index (κ1) is 10.5. The molecule has 0 aliphatic carbocycles. The molecule has 78 valence electrons. The van der Waals surface area contributed by atoms with E-state index in [-0.39, 0.29) is 6.54 Å². The molecule has 3 amide bonds. The lowest BCUT2D eigenvalue weighted by Crippen LogP contribution is -2.65. The number of rotatable bonds is 2. The molecule has 1 aliphatic heterocycles. The molecule has 1 saturated heterocycles. The fraction of sp³-hybridized carbons (Fsp3) is 0.571. The fourth-order valence-electron chi connectivity index (χ4n) is 1.04. The van der Waals surface area contributed by atoms with E-state index in [4.69, 9.17) is 9.47 Å². The van der Waals surface area contributed by atoms with Crippen LogP contribution in [0.4, 0.5) is 4.79 Å². The smallest absolute Gasteiger partial charge is 0.321 e. The molecule has 1 atom stereocenters. The summed E-state index contributed by atoms with van der Waals surface area (Å²) in [7, 11) is 1.21. The van der Waals surface area contributed by atoms with Gasteiger partial charge in [0, 0.05) is 14.0 Å². The lowest BCUT2D eigenvalue weighted by Gasteiger charge is -2.32. The van der Waals surface area contributed by atoms with Gasteiger partial charge < -0.3 is 14.8 Å². The minimum absolute atomic E-state index is 0.201. The Morgan fingerprint density at radius 1 is 1.50 bits per heavy atom. The molecule has 1 rings (SSSR count). The Hall–Kier alpha value is -1.63. The van der Waals surface area contributed by atoms with Crippen molar-refractivity contribution in [1.29, 1.82) is 0 Å². The molecule has 0 aromatic heterocycles. The van der Waals surface area contributed by atoms with Crippen LogP contribution in [0.3, 0.4) is 0 Å². The third-order valence-electron chi connectivity index (χ3n) is 1.69. The highest BCUT2D eigenvalue weighted by Crippen LogP contribution is 2.14. The maximum Gasteiger partial charge on any atom is 0.321 e. The van der Waals surface area contributed by atoms with Gasteiger partial charge >= 0.3 is 23.7 Å². The molecule has 0 saturated carbocycles. The van der Waals surface area contributed by atoms with E-state index in [1.165, 1.54) is 7.11 Å². The molecule has 1 unspecified atom stereocenters. The summed E-state index contributed by atoms with van der Waals surface area (Å²) in [5.74, 6) is -3.21. The number of hydrogen-bond donors (Lipinski definition) is 2. The second kappa shape index (κ2) is 3.62. The van der Waals surface area contributed by atoms with Gasteiger partial charge in [-0.3, -0.25) is 14.9 Å². The van der Waals surface area contributed by atoms with Crippen molar-refractivity contribution in [2.45, 2.75) is 12.7 Å². The van der Waals surface area contributed by atoms with E-state index in [0.717, 1.165) is 6.92 Å². The molecule has 1 heterocycles. The van der Waals surface area contributed by atoms with Crippen LogP contribution in [0.1, 0.15) is 6.92 Å². The van der Waals surface area contributed by atoms with Gasteiger partial charge in [-0.1, -0.05) is 0 Å². The van der Waals surface area contributed by atoms with Crippen LogP contribution in [0, 0.1) is 0 Å². The molecule has 1 fully saturated rings. The van der Waals surface area contributed by atoms with Gasteiger partial charge in [0.2, 0.25) is 0 Å². The van der Waals surface area contributed by atoms with E-state index in [9.17, 15) is 14.4 Å². The van der Waals surface area contributed by atoms with Crippen LogP contribution < -0.4 is 10.6 Å². The number of urea groups is 1. The van der Waals surface area contributed by atoms with Crippen molar-refractivity contribution >= 4 is 17.9 Å². The topological polar surface area (TPSA) is 93.7 Å². The van der Waals surface area contributed by atoms with Crippen molar-refractivity contribution in [2.75, 3.05) is 13.7 Å². The number of ether oxygens (including phenoxy) is 2. The van der Waals surface area contributed by atoms with E-state index < -0.39 is 23.7 Å². The first-order chi connectivity index (χ1) is 6.50. The van der Waals surface area contributed by atoms with Gasteiger partial charge in [-0.05, 0) is 0 Å². The van der Waals surface area contributed by atoms with E-state index in [0.29, 0.717) is 0 Å². The minimum atomic E-state index is -1.75. The number of carbonyl (C=O) groups excluding carboxylic acids is 3. The molecule has 0 bridgehead atoms. The van der Waals surface area contributed by atoms with Crippen LogP contribution in [0.5, 0.6) is 0 Å². The Morgan fingerprint density at radius 3 is 2.57 bits per heavy atom. The second-order valence-corrected chi connectivity index (χ2v) is 2.69. The highest BCUT2D eigenvalue weighted by atomic mass is 16.7. The SMILES string of the molecule is COC1(OC(C)=O)CNC(=O)NC1=O. The molecule has 7 nitrogen and oxygen atoms in total. The van der Waals surface area contributed by atoms with E-state index in [1.54, 1.807) is 0 Å². The summed E-state index contributed by atoms with van der Waals surface area (Å²) in [5.41, 5.74) is 0. The number of esters is 1. The lowest BCUT2D eigenvalue weighted by atomic mass is 10.2. The maximum atomic E-state index is 11.3. The van der Waals surface area contributed by atoms with E-state index in [1.807, 2.05) is 5.32 Å². The predicted molar refractivity (Wildman–Crippen MR) is 43.0 cm³/mol. The quantitative estimate of drug-likeness (QED) is 0.430. The summed E-state index contributed by atoms with van der Waals surface area (Å²) in [5, 5.41) is 4.22. The molecule has 7 heteroatoms. The maximum absolute atomic E-state index is 11.3. The molecule has 2 N–H and O–H groups in total. The van der Waals surface area contributed by atoms with Crippen molar-refractivity contribution in [2.24, 2.45) is 0 Å². The Kier molecular flexibility index (Phi) is 2.70. The van der Waals surface area contributed by atoms with Gasteiger partial charge in [-0.2, -0.15) is 0 Å². The van der Waals surface area contributed by atoms with Crippen molar-refractivity contribution in [3.63, 3.8) is 0 Å². The average Bonchev–Trinajstić information content (AvgIpc) is 2.10. The van der Waals surface area contributed by atoms with Crippen LogP contribution in [0.2, 0.25) is 0 Å². The largest absolute Gasteiger partial charge is 0.421 e. The van der Waals surface area contributed by atoms with Gasteiger partial charge in [0.25, 0.3) is 0 Å². The van der Waals surface area contributed by atoms with Crippen LogP contribution in [0.15, 0.2) is 0 Å². The third-order valence-corrected chi connectivity index (χ3v) is 1.69. The lowest BCUT2D eigenvalue weighted by molar-refractivity contribution is -0.218. The zero-order valence-electron chi connectivity index (χ0n) is 7.75. The predicted octanol–water partition coefficient (Wildman–Crippen LogP) is -1.27. The molecule has 1 aliphatic rings. The third kappa shape index (κ3) is 1.82. The summed E-state index contributed by atoms with van der Waals surface area (Å²) >= 11 is 0. The molecule has 0 aromatic carbocycles. The first-order valence-electron chi connectivity index (χ1n) is 3.84. The summed E-state index contributed by atoms with van der Waals surface area (Å²) in [6, 6.07) is -0.644. The van der Waals surface area contributed by atoms with Gasteiger partial charge in [-0.25, -0.2) is 4.79 Å². The zero-order valence-corrected chi connectivity index (χ0v) is 7.75. The highest BCUT2D eigenvalue weighted by molar-refractivity contribution is 6.01. The Bertz CT molecular complexity index is 290. The number of carbonyl (C=O) groups is 3. The van der Waals surface area contributed by atoms with Crippen molar-refractivity contribution in [3.8, 4) is 0 Å². The molecule has 14 heavy (non-hydrogen) atoms. The number of imide groups is 1. The molecular formula is C7H10N2O5. The van der Waals surface area contributed by atoms with Crippen molar-refractivity contribution in [3.05, 3.63) is 0 Å². The second-order valence-electron chi connectivity index (χ2n) is 2.69.